The largest absolute Gasteiger partial charge is 0.264 e. The molecule has 1 heterocycles. The van der Waals surface area contributed by atoms with Gasteiger partial charge in [0.1, 0.15) is 0 Å². The van der Waals surface area contributed by atoms with Crippen LogP contribution in [0.25, 0.3) is 33.4 Å². The SMILES string of the molecule is Cc1cc(-c2ccccc2)c(-c2cccnc2)cc1-c1ccccc1. The minimum Gasteiger partial charge on any atom is -0.264 e. The van der Waals surface area contributed by atoms with Gasteiger partial charge in [-0.25, -0.2) is 0 Å². The molecule has 25 heavy (non-hydrogen) atoms. The Labute approximate surface area is 148 Å². The molecule has 0 saturated heterocycles. The van der Waals surface area contributed by atoms with Crippen molar-refractivity contribution in [2.75, 3.05) is 0 Å². The van der Waals surface area contributed by atoms with Gasteiger partial charge in [-0.05, 0) is 52.4 Å². The van der Waals surface area contributed by atoms with Crippen molar-refractivity contribution in [3.05, 3.63) is 103 Å². The Morgan fingerprint density at radius 1 is 0.560 bits per heavy atom. The minimum atomic E-state index is 1.14. The van der Waals surface area contributed by atoms with Crippen LogP contribution in [-0.2, 0) is 0 Å². The zero-order chi connectivity index (χ0) is 17.1. The van der Waals surface area contributed by atoms with Gasteiger partial charge in [-0.2, -0.15) is 0 Å². The fraction of sp³-hybridized carbons (Fsp3) is 0.0417. The van der Waals surface area contributed by atoms with Crippen LogP contribution in [0.15, 0.2) is 97.3 Å². The Kier molecular flexibility index (Phi) is 4.14. The maximum atomic E-state index is 4.32. The number of aryl methyl sites for hydroxylation is 1. The Morgan fingerprint density at radius 3 is 1.72 bits per heavy atom. The highest BCUT2D eigenvalue weighted by atomic mass is 14.6. The molecule has 1 nitrogen and oxygen atoms in total. The predicted octanol–water partition coefficient (Wildman–Crippen LogP) is 6.39. The highest BCUT2D eigenvalue weighted by Crippen LogP contribution is 2.37. The summed E-state index contributed by atoms with van der Waals surface area (Å²) in [6.45, 7) is 2.18. The molecule has 1 heteroatoms. The van der Waals surface area contributed by atoms with Gasteiger partial charge >= 0.3 is 0 Å². The first-order chi connectivity index (χ1) is 12.3. The van der Waals surface area contributed by atoms with Crippen LogP contribution in [0.3, 0.4) is 0 Å². The predicted molar refractivity (Wildman–Crippen MR) is 105 cm³/mol. The van der Waals surface area contributed by atoms with E-state index in [4.69, 9.17) is 0 Å². The highest BCUT2D eigenvalue weighted by molar-refractivity contribution is 5.88. The summed E-state index contributed by atoms with van der Waals surface area (Å²) in [4.78, 5) is 4.32. The van der Waals surface area contributed by atoms with Crippen LogP contribution in [0.5, 0.6) is 0 Å². The van der Waals surface area contributed by atoms with E-state index in [0.717, 1.165) is 5.56 Å². The molecule has 0 aliphatic carbocycles. The summed E-state index contributed by atoms with van der Waals surface area (Å²) < 4.78 is 0. The average Bonchev–Trinajstić information content (AvgIpc) is 2.70. The molecular formula is C24H19N. The van der Waals surface area contributed by atoms with Gasteiger partial charge in [0.15, 0.2) is 0 Å². The summed E-state index contributed by atoms with van der Waals surface area (Å²) in [6, 6.07) is 29.8. The smallest absolute Gasteiger partial charge is 0.0346 e. The van der Waals surface area contributed by atoms with Crippen LogP contribution in [0.4, 0.5) is 0 Å². The summed E-state index contributed by atoms with van der Waals surface area (Å²) in [5.41, 5.74) is 8.60. The molecule has 3 aromatic carbocycles. The summed E-state index contributed by atoms with van der Waals surface area (Å²) in [5.74, 6) is 0. The third-order valence-electron chi connectivity index (χ3n) is 4.51. The first-order valence-electron chi connectivity index (χ1n) is 8.49. The summed E-state index contributed by atoms with van der Waals surface area (Å²) in [6.07, 6.45) is 3.75. The molecule has 1 aromatic heterocycles. The number of rotatable bonds is 3. The molecule has 120 valence electrons. The van der Waals surface area contributed by atoms with E-state index in [1.54, 1.807) is 0 Å². The van der Waals surface area contributed by atoms with Crippen molar-refractivity contribution in [3.8, 4) is 33.4 Å². The van der Waals surface area contributed by atoms with E-state index in [9.17, 15) is 0 Å². The molecule has 4 aromatic rings. The molecule has 0 saturated carbocycles. The molecule has 0 amide bonds. The van der Waals surface area contributed by atoms with Crippen molar-refractivity contribution in [2.45, 2.75) is 6.92 Å². The van der Waals surface area contributed by atoms with Gasteiger partial charge in [0.05, 0.1) is 0 Å². The zero-order valence-corrected chi connectivity index (χ0v) is 14.2. The number of benzene rings is 3. The second-order valence-electron chi connectivity index (χ2n) is 6.19. The molecule has 0 aliphatic rings. The van der Waals surface area contributed by atoms with Gasteiger partial charge in [0.2, 0.25) is 0 Å². The van der Waals surface area contributed by atoms with Crippen molar-refractivity contribution in [1.82, 2.24) is 4.98 Å². The lowest BCUT2D eigenvalue weighted by molar-refractivity contribution is 1.33. The highest BCUT2D eigenvalue weighted by Gasteiger charge is 2.12. The molecular weight excluding hydrogens is 302 g/mol. The Balaban J connectivity index is 1.98. The third kappa shape index (κ3) is 3.09. The first-order valence-corrected chi connectivity index (χ1v) is 8.49. The van der Waals surface area contributed by atoms with Crippen LogP contribution in [0, 0.1) is 6.92 Å². The van der Waals surface area contributed by atoms with E-state index in [1.165, 1.54) is 33.4 Å². The lowest BCUT2D eigenvalue weighted by Crippen LogP contribution is -1.91. The molecule has 0 N–H and O–H groups in total. The van der Waals surface area contributed by atoms with Gasteiger partial charge < -0.3 is 0 Å². The number of aromatic nitrogens is 1. The molecule has 0 radical (unpaired) electrons. The normalized spacial score (nSPS) is 10.6. The second-order valence-corrected chi connectivity index (χ2v) is 6.19. The lowest BCUT2D eigenvalue weighted by Gasteiger charge is -2.15. The molecule has 4 rings (SSSR count). The van der Waals surface area contributed by atoms with E-state index >= 15 is 0 Å². The van der Waals surface area contributed by atoms with E-state index in [0.29, 0.717) is 0 Å². The van der Waals surface area contributed by atoms with E-state index in [2.05, 4.69) is 90.8 Å². The minimum absolute atomic E-state index is 1.14. The van der Waals surface area contributed by atoms with Gasteiger partial charge in [0, 0.05) is 18.0 Å². The molecule has 0 atom stereocenters. The first kappa shape index (κ1) is 15.3. The van der Waals surface area contributed by atoms with Crippen LogP contribution in [0.1, 0.15) is 5.56 Å². The maximum Gasteiger partial charge on any atom is 0.0346 e. The Morgan fingerprint density at radius 2 is 1.12 bits per heavy atom. The van der Waals surface area contributed by atoms with E-state index in [1.807, 2.05) is 18.5 Å². The van der Waals surface area contributed by atoms with Crippen molar-refractivity contribution >= 4 is 0 Å². The molecule has 0 aliphatic heterocycles. The average molecular weight is 321 g/mol. The van der Waals surface area contributed by atoms with Crippen molar-refractivity contribution in [1.29, 1.82) is 0 Å². The van der Waals surface area contributed by atoms with Gasteiger partial charge in [0.25, 0.3) is 0 Å². The summed E-state index contributed by atoms with van der Waals surface area (Å²) >= 11 is 0. The molecule has 0 spiro atoms. The van der Waals surface area contributed by atoms with Crippen LogP contribution < -0.4 is 0 Å². The molecule has 0 bridgehead atoms. The molecule has 0 fully saturated rings. The van der Waals surface area contributed by atoms with Gasteiger partial charge in [-0.15, -0.1) is 0 Å². The van der Waals surface area contributed by atoms with Crippen molar-refractivity contribution in [2.24, 2.45) is 0 Å². The van der Waals surface area contributed by atoms with Crippen LogP contribution in [0.2, 0.25) is 0 Å². The Bertz CT molecular complexity index is 974. The number of hydrogen-bond donors (Lipinski definition) is 0. The number of nitrogens with zero attached hydrogens (tertiary/aromatic N) is 1. The monoisotopic (exact) mass is 321 g/mol. The second kappa shape index (κ2) is 6.74. The van der Waals surface area contributed by atoms with Crippen molar-refractivity contribution < 1.29 is 0 Å². The van der Waals surface area contributed by atoms with E-state index < -0.39 is 0 Å². The fourth-order valence-electron chi connectivity index (χ4n) is 3.25. The van der Waals surface area contributed by atoms with Crippen LogP contribution in [-0.4, -0.2) is 4.98 Å². The van der Waals surface area contributed by atoms with E-state index in [-0.39, 0.29) is 0 Å². The zero-order valence-electron chi connectivity index (χ0n) is 14.2. The summed E-state index contributed by atoms with van der Waals surface area (Å²) in [5, 5.41) is 0. The number of pyridine rings is 1. The fourth-order valence-corrected chi connectivity index (χ4v) is 3.25. The van der Waals surface area contributed by atoms with Gasteiger partial charge in [-0.3, -0.25) is 4.98 Å². The summed E-state index contributed by atoms with van der Waals surface area (Å²) in [7, 11) is 0. The van der Waals surface area contributed by atoms with Gasteiger partial charge in [-0.1, -0.05) is 72.8 Å². The van der Waals surface area contributed by atoms with Crippen LogP contribution >= 0.6 is 0 Å². The quantitative estimate of drug-likeness (QED) is 0.426. The number of hydrogen-bond acceptors (Lipinski definition) is 1. The Hall–Kier alpha value is -3.19. The maximum absolute atomic E-state index is 4.32. The third-order valence-corrected chi connectivity index (χ3v) is 4.51. The van der Waals surface area contributed by atoms with Crippen molar-refractivity contribution in [3.63, 3.8) is 0 Å². The molecule has 0 unspecified atom stereocenters. The standard InChI is InChI=1S/C24H19N/c1-18-15-23(20-11-6-3-7-12-20)24(21-13-8-14-25-17-21)16-22(18)19-9-4-2-5-10-19/h2-17H,1H3. The lowest BCUT2D eigenvalue weighted by atomic mass is 9.89. The topological polar surface area (TPSA) is 12.9 Å².